The maximum absolute atomic E-state index is 13.0. The predicted octanol–water partition coefficient (Wildman–Crippen LogP) is 3.27. The number of carbonyl (C=O) groups excluding carboxylic acids is 1. The molecule has 1 saturated carbocycles. The molecule has 1 heterocycles. The van der Waals surface area contributed by atoms with Crippen LogP contribution in [0.3, 0.4) is 0 Å². The van der Waals surface area contributed by atoms with Crippen molar-refractivity contribution in [2.75, 3.05) is 26.2 Å². The third-order valence-electron chi connectivity index (χ3n) is 5.34. The summed E-state index contributed by atoms with van der Waals surface area (Å²) in [6.07, 6.45) is 0.898. The van der Waals surface area contributed by atoms with Crippen molar-refractivity contribution in [3.8, 4) is 0 Å². The van der Waals surface area contributed by atoms with E-state index in [9.17, 15) is 9.18 Å². The maximum Gasteiger partial charge on any atom is 0.226 e. The predicted molar refractivity (Wildman–Crippen MR) is 95.5 cm³/mol. The van der Waals surface area contributed by atoms with E-state index in [-0.39, 0.29) is 23.6 Å². The van der Waals surface area contributed by atoms with Crippen molar-refractivity contribution in [1.82, 2.24) is 9.80 Å². The average Bonchev–Trinajstić information content (AvgIpc) is 3.44. The Hall–Kier alpha value is -2.20. The average molecular weight is 338 g/mol. The van der Waals surface area contributed by atoms with Gasteiger partial charge in [0.25, 0.3) is 0 Å². The van der Waals surface area contributed by atoms with Crippen molar-refractivity contribution >= 4 is 5.91 Å². The van der Waals surface area contributed by atoms with Gasteiger partial charge < -0.3 is 4.90 Å². The summed E-state index contributed by atoms with van der Waals surface area (Å²) in [6, 6.07) is 17.1. The minimum Gasteiger partial charge on any atom is -0.340 e. The van der Waals surface area contributed by atoms with Crippen LogP contribution < -0.4 is 0 Å². The third-order valence-corrected chi connectivity index (χ3v) is 5.34. The molecule has 0 N–H and O–H groups in total. The fourth-order valence-corrected chi connectivity index (χ4v) is 3.75. The van der Waals surface area contributed by atoms with E-state index in [0.29, 0.717) is 0 Å². The topological polar surface area (TPSA) is 23.6 Å². The van der Waals surface area contributed by atoms with Crippen LogP contribution in [-0.2, 0) is 11.3 Å². The first kappa shape index (κ1) is 16.3. The van der Waals surface area contributed by atoms with Gasteiger partial charge in [0.1, 0.15) is 5.82 Å². The summed E-state index contributed by atoms with van der Waals surface area (Å²) in [5, 5.41) is 0. The molecule has 2 aromatic rings. The van der Waals surface area contributed by atoms with Gasteiger partial charge in [-0.05, 0) is 35.6 Å². The van der Waals surface area contributed by atoms with E-state index in [1.807, 2.05) is 23.1 Å². The van der Waals surface area contributed by atoms with Gasteiger partial charge in [0.05, 0.1) is 0 Å². The summed E-state index contributed by atoms with van der Waals surface area (Å²) in [6.45, 7) is 4.41. The Morgan fingerprint density at radius 2 is 1.64 bits per heavy atom. The van der Waals surface area contributed by atoms with Crippen LogP contribution in [0.1, 0.15) is 23.5 Å². The highest BCUT2D eigenvalue weighted by Gasteiger charge is 2.46. The van der Waals surface area contributed by atoms with Crippen LogP contribution in [-0.4, -0.2) is 41.9 Å². The zero-order chi connectivity index (χ0) is 17.2. The van der Waals surface area contributed by atoms with E-state index in [0.717, 1.165) is 44.7 Å². The summed E-state index contributed by atoms with van der Waals surface area (Å²) < 4.78 is 13.0. The van der Waals surface area contributed by atoms with Crippen LogP contribution in [0.2, 0.25) is 0 Å². The van der Waals surface area contributed by atoms with Crippen LogP contribution in [0.15, 0.2) is 54.6 Å². The van der Waals surface area contributed by atoms with Crippen LogP contribution in [0.5, 0.6) is 0 Å². The lowest BCUT2D eigenvalue weighted by molar-refractivity contribution is -0.134. The molecule has 1 saturated heterocycles. The van der Waals surface area contributed by atoms with Crippen molar-refractivity contribution in [2.45, 2.75) is 18.9 Å². The van der Waals surface area contributed by atoms with Gasteiger partial charge in [0.2, 0.25) is 5.91 Å². The van der Waals surface area contributed by atoms with Crippen LogP contribution in [0.4, 0.5) is 4.39 Å². The summed E-state index contributed by atoms with van der Waals surface area (Å²) >= 11 is 0. The van der Waals surface area contributed by atoms with Crippen LogP contribution in [0, 0.1) is 11.7 Å². The molecule has 0 bridgehead atoms. The van der Waals surface area contributed by atoms with Gasteiger partial charge in [-0.25, -0.2) is 4.39 Å². The minimum atomic E-state index is -0.221. The number of nitrogens with zero attached hydrogens (tertiary/aromatic N) is 2. The second kappa shape index (κ2) is 6.96. The molecule has 0 spiro atoms. The Morgan fingerprint density at radius 3 is 2.32 bits per heavy atom. The SMILES string of the molecule is O=C(C1CC1c1ccc(F)cc1)N1CCN(Cc2ccccc2)CC1. The number of carbonyl (C=O) groups is 1. The van der Waals surface area contributed by atoms with E-state index in [1.165, 1.54) is 17.7 Å². The summed E-state index contributed by atoms with van der Waals surface area (Å²) in [5.41, 5.74) is 2.41. The molecular formula is C21H23FN2O. The number of piperazine rings is 1. The lowest BCUT2D eigenvalue weighted by Gasteiger charge is -2.35. The first-order valence-corrected chi connectivity index (χ1v) is 9.01. The maximum atomic E-state index is 13.0. The fourth-order valence-electron chi connectivity index (χ4n) is 3.75. The molecule has 0 aromatic heterocycles. The first-order chi connectivity index (χ1) is 12.2. The smallest absolute Gasteiger partial charge is 0.226 e. The van der Waals surface area contributed by atoms with Gasteiger partial charge in [-0.3, -0.25) is 9.69 Å². The van der Waals surface area contributed by atoms with Crippen molar-refractivity contribution < 1.29 is 9.18 Å². The Balaban J connectivity index is 1.28. The Kier molecular flexibility index (Phi) is 4.53. The second-order valence-corrected chi connectivity index (χ2v) is 7.09. The quantitative estimate of drug-likeness (QED) is 0.854. The van der Waals surface area contributed by atoms with Crippen molar-refractivity contribution in [2.24, 2.45) is 5.92 Å². The highest BCUT2D eigenvalue weighted by Crippen LogP contribution is 2.48. The van der Waals surface area contributed by atoms with Gasteiger partial charge in [0.15, 0.2) is 0 Å². The molecular weight excluding hydrogens is 315 g/mol. The number of amides is 1. The molecule has 2 unspecified atom stereocenters. The van der Waals surface area contributed by atoms with Crippen molar-refractivity contribution in [3.63, 3.8) is 0 Å². The molecule has 1 aliphatic carbocycles. The minimum absolute atomic E-state index is 0.0890. The molecule has 2 atom stereocenters. The standard InChI is InChI=1S/C21H23FN2O/c22-18-8-6-17(7-9-18)19-14-20(19)21(25)24-12-10-23(11-13-24)15-16-4-2-1-3-5-16/h1-9,19-20H,10-15H2. The van der Waals surface area contributed by atoms with Gasteiger partial charge in [-0.2, -0.15) is 0 Å². The van der Waals surface area contributed by atoms with E-state index >= 15 is 0 Å². The number of halogens is 1. The van der Waals surface area contributed by atoms with Gasteiger partial charge in [-0.15, -0.1) is 0 Å². The molecule has 0 radical (unpaired) electrons. The molecule has 2 fully saturated rings. The van der Waals surface area contributed by atoms with Crippen LogP contribution in [0.25, 0.3) is 0 Å². The van der Waals surface area contributed by atoms with E-state index in [2.05, 4.69) is 29.2 Å². The lowest BCUT2D eigenvalue weighted by atomic mass is 10.1. The third kappa shape index (κ3) is 3.74. The number of benzene rings is 2. The largest absolute Gasteiger partial charge is 0.340 e. The highest BCUT2D eigenvalue weighted by atomic mass is 19.1. The summed E-state index contributed by atoms with van der Waals surface area (Å²) in [4.78, 5) is 17.1. The van der Waals surface area contributed by atoms with E-state index < -0.39 is 0 Å². The molecule has 4 rings (SSSR count). The fraction of sp³-hybridized carbons (Fsp3) is 0.381. The molecule has 1 amide bonds. The molecule has 2 aliphatic rings. The number of hydrogen-bond acceptors (Lipinski definition) is 2. The second-order valence-electron chi connectivity index (χ2n) is 7.09. The van der Waals surface area contributed by atoms with Gasteiger partial charge in [-0.1, -0.05) is 42.5 Å². The van der Waals surface area contributed by atoms with Crippen molar-refractivity contribution in [3.05, 3.63) is 71.5 Å². The van der Waals surface area contributed by atoms with Crippen molar-refractivity contribution in [1.29, 1.82) is 0 Å². The Labute approximate surface area is 148 Å². The molecule has 130 valence electrons. The molecule has 25 heavy (non-hydrogen) atoms. The summed E-state index contributed by atoms with van der Waals surface area (Å²) in [5.74, 6) is 0.414. The van der Waals surface area contributed by atoms with E-state index in [1.54, 1.807) is 0 Å². The molecule has 3 nitrogen and oxygen atoms in total. The number of hydrogen-bond donors (Lipinski definition) is 0. The molecule has 2 aromatic carbocycles. The van der Waals surface area contributed by atoms with Crippen LogP contribution >= 0.6 is 0 Å². The van der Waals surface area contributed by atoms with Gasteiger partial charge in [0, 0.05) is 38.6 Å². The lowest BCUT2D eigenvalue weighted by Crippen LogP contribution is -2.48. The monoisotopic (exact) mass is 338 g/mol. The highest BCUT2D eigenvalue weighted by molar-refractivity contribution is 5.83. The Bertz CT molecular complexity index is 723. The summed E-state index contributed by atoms with van der Waals surface area (Å²) in [7, 11) is 0. The zero-order valence-electron chi connectivity index (χ0n) is 14.3. The molecule has 1 aliphatic heterocycles. The zero-order valence-corrected chi connectivity index (χ0v) is 14.3. The van der Waals surface area contributed by atoms with Gasteiger partial charge >= 0.3 is 0 Å². The molecule has 4 heteroatoms. The normalized spacial score (nSPS) is 23.5. The first-order valence-electron chi connectivity index (χ1n) is 9.01. The van der Waals surface area contributed by atoms with E-state index in [4.69, 9.17) is 0 Å². The Morgan fingerprint density at radius 1 is 0.960 bits per heavy atom. The number of rotatable bonds is 4.